The summed E-state index contributed by atoms with van der Waals surface area (Å²) in [4.78, 5) is 11.3. The fourth-order valence-electron chi connectivity index (χ4n) is 1.94. The maximum atomic E-state index is 11.3. The first-order valence-corrected chi connectivity index (χ1v) is 7.56. The molecule has 0 aliphatic rings. The lowest BCUT2D eigenvalue weighted by Gasteiger charge is -2.09. The third-order valence-electron chi connectivity index (χ3n) is 3.06. The van der Waals surface area contributed by atoms with Crippen LogP contribution in [0.3, 0.4) is 0 Å². The molecular formula is C15H19N3O4S. The van der Waals surface area contributed by atoms with Crippen molar-refractivity contribution in [2.75, 3.05) is 20.3 Å². The molecule has 2 aromatic rings. The predicted molar refractivity (Wildman–Crippen MR) is 85.7 cm³/mol. The number of methoxy groups -OCH3 is 1. The predicted octanol–water partition coefficient (Wildman–Crippen LogP) is 1.70. The summed E-state index contributed by atoms with van der Waals surface area (Å²) in [7, 11) is 1.62. The molecule has 0 N–H and O–H groups in total. The van der Waals surface area contributed by atoms with E-state index in [-0.39, 0.29) is 13.2 Å². The third-order valence-corrected chi connectivity index (χ3v) is 3.39. The number of carbonyl (C=O) groups is 1. The van der Waals surface area contributed by atoms with E-state index in [9.17, 15) is 4.79 Å². The Morgan fingerprint density at radius 3 is 2.65 bits per heavy atom. The second-order valence-corrected chi connectivity index (χ2v) is 5.05. The molecule has 0 aliphatic carbocycles. The molecule has 0 atom stereocenters. The number of esters is 1. The first-order valence-electron chi connectivity index (χ1n) is 7.11. The van der Waals surface area contributed by atoms with Crippen molar-refractivity contribution >= 4 is 18.6 Å². The molecule has 0 saturated heterocycles. The van der Waals surface area contributed by atoms with Gasteiger partial charge in [-0.2, -0.15) is 0 Å². The SMILES string of the molecule is CCOC(=O)COCc1nnc(S)n1Cc1ccc(OC)cc1. The van der Waals surface area contributed by atoms with Gasteiger partial charge in [0.25, 0.3) is 0 Å². The first kappa shape index (κ1) is 17.3. The average molecular weight is 337 g/mol. The molecule has 7 nitrogen and oxygen atoms in total. The molecule has 0 fully saturated rings. The Morgan fingerprint density at radius 1 is 1.26 bits per heavy atom. The van der Waals surface area contributed by atoms with Gasteiger partial charge in [0.05, 0.1) is 20.3 Å². The van der Waals surface area contributed by atoms with Gasteiger partial charge in [-0.05, 0) is 24.6 Å². The summed E-state index contributed by atoms with van der Waals surface area (Å²) in [5.74, 6) is 0.983. The molecule has 1 heterocycles. The Bertz CT molecular complexity index is 643. The number of carbonyl (C=O) groups excluding carboxylic acids is 1. The molecule has 1 aromatic heterocycles. The lowest BCUT2D eigenvalue weighted by molar-refractivity contribution is -0.148. The van der Waals surface area contributed by atoms with Crippen molar-refractivity contribution in [3.63, 3.8) is 0 Å². The van der Waals surface area contributed by atoms with Crippen molar-refractivity contribution < 1.29 is 19.0 Å². The highest BCUT2D eigenvalue weighted by atomic mass is 32.1. The Kier molecular flexibility index (Phi) is 6.42. The highest BCUT2D eigenvalue weighted by Crippen LogP contribution is 2.15. The van der Waals surface area contributed by atoms with Crippen LogP contribution in [0, 0.1) is 0 Å². The van der Waals surface area contributed by atoms with E-state index in [1.807, 2.05) is 28.8 Å². The summed E-state index contributed by atoms with van der Waals surface area (Å²) in [6.45, 7) is 2.66. The van der Waals surface area contributed by atoms with Gasteiger partial charge in [0.2, 0.25) is 0 Å². The Morgan fingerprint density at radius 2 is 2.00 bits per heavy atom. The number of benzene rings is 1. The van der Waals surface area contributed by atoms with Crippen LogP contribution in [0.1, 0.15) is 18.3 Å². The van der Waals surface area contributed by atoms with Crippen molar-refractivity contribution in [1.29, 1.82) is 0 Å². The number of thiol groups is 1. The fourth-order valence-corrected chi connectivity index (χ4v) is 2.17. The first-order chi connectivity index (χ1) is 11.1. The molecule has 1 aromatic carbocycles. The normalized spacial score (nSPS) is 10.6. The van der Waals surface area contributed by atoms with Gasteiger partial charge in [0.15, 0.2) is 11.0 Å². The van der Waals surface area contributed by atoms with Gasteiger partial charge in [-0.25, -0.2) is 4.79 Å². The minimum atomic E-state index is -0.403. The quantitative estimate of drug-likeness (QED) is 0.584. The second kappa shape index (κ2) is 8.54. The molecule has 0 bridgehead atoms. The van der Waals surface area contributed by atoms with Gasteiger partial charge in [-0.15, -0.1) is 22.8 Å². The number of ether oxygens (including phenoxy) is 3. The largest absolute Gasteiger partial charge is 0.497 e. The topological polar surface area (TPSA) is 75.5 Å². The van der Waals surface area contributed by atoms with Gasteiger partial charge in [-0.1, -0.05) is 12.1 Å². The van der Waals surface area contributed by atoms with Crippen molar-refractivity contribution in [2.24, 2.45) is 0 Å². The second-order valence-electron chi connectivity index (χ2n) is 4.65. The molecule has 8 heteroatoms. The Balaban J connectivity index is 1.98. The number of aromatic nitrogens is 3. The van der Waals surface area contributed by atoms with Crippen molar-refractivity contribution in [2.45, 2.75) is 25.2 Å². The van der Waals surface area contributed by atoms with E-state index in [1.54, 1.807) is 14.0 Å². The van der Waals surface area contributed by atoms with Crippen LogP contribution in [0.5, 0.6) is 5.75 Å². The van der Waals surface area contributed by atoms with E-state index in [4.69, 9.17) is 14.2 Å². The van der Waals surface area contributed by atoms with Crippen LogP contribution >= 0.6 is 12.6 Å². The number of rotatable bonds is 8. The van der Waals surface area contributed by atoms with Crippen LogP contribution in [0.25, 0.3) is 0 Å². The van der Waals surface area contributed by atoms with Crippen molar-refractivity contribution in [1.82, 2.24) is 14.8 Å². The van der Waals surface area contributed by atoms with Gasteiger partial charge in [0, 0.05) is 0 Å². The minimum absolute atomic E-state index is 0.120. The average Bonchev–Trinajstić information content (AvgIpc) is 2.89. The standard InChI is InChI=1S/C15H19N3O4S/c1-3-22-14(19)10-21-9-13-16-17-15(23)18(13)8-11-4-6-12(20-2)7-5-11/h4-7H,3,8-10H2,1-2H3,(H,17,23). The van der Waals surface area contributed by atoms with Crippen LogP contribution in [0.15, 0.2) is 29.4 Å². The molecule has 0 aliphatic heterocycles. The van der Waals surface area contributed by atoms with Gasteiger partial charge >= 0.3 is 5.97 Å². The van der Waals surface area contributed by atoms with Gasteiger partial charge in [0.1, 0.15) is 19.0 Å². The zero-order chi connectivity index (χ0) is 16.7. The van der Waals surface area contributed by atoms with E-state index >= 15 is 0 Å². The monoisotopic (exact) mass is 337 g/mol. The van der Waals surface area contributed by atoms with E-state index < -0.39 is 5.97 Å². The summed E-state index contributed by atoms with van der Waals surface area (Å²) >= 11 is 4.30. The summed E-state index contributed by atoms with van der Waals surface area (Å²) in [5.41, 5.74) is 1.05. The molecule has 0 spiro atoms. The van der Waals surface area contributed by atoms with Crippen molar-refractivity contribution in [3.8, 4) is 5.75 Å². The third kappa shape index (κ3) is 4.97. The number of hydrogen-bond donors (Lipinski definition) is 1. The van der Waals surface area contributed by atoms with E-state index in [2.05, 4.69) is 22.8 Å². The van der Waals surface area contributed by atoms with Crippen LogP contribution in [0.2, 0.25) is 0 Å². The Labute approximate surface area is 140 Å². The van der Waals surface area contributed by atoms with E-state index in [0.29, 0.717) is 24.1 Å². The summed E-state index contributed by atoms with van der Waals surface area (Å²) < 4.78 is 17.1. The van der Waals surface area contributed by atoms with Gasteiger partial charge in [-0.3, -0.25) is 4.57 Å². The summed E-state index contributed by atoms with van der Waals surface area (Å²) in [6.07, 6.45) is 0. The maximum absolute atomic E-state index is 11.3. The lowest BCUT2D eigenvalue weighted by Crippen LogP contribution is -2.14. The zero-order valence-electron chi connectivity index (χ0n) is 13.1. The molecule has 0 amide bonds. The fraction of sp³-hybridized carbons (Fsp3) is 0.400. The van der Waals surface area contributed by atoms with Crippen LogP contribution in [-0.4, -0.2) is 41.1 Å². The molecular weight excluding hydrogens is 318 g/mol. The Hall–Kier alpha value is -2.06. The molecule has 0 radical (unpaired) electrons. The number of hydrogen-bond acceptors (Lipinski definition) is 7. The molecule has 124 valence electrons. The van der Waals surface area contributed by atoms with Gasteiger partial charge < -0.3 is 14.2 Å². The zero-order valence-corrected chi connectivity index (χ0v) is 14.0. The minimum Gasteiger partial charge on any atom is -0.497 e. The van der Waals surface area contributed by atoms with E-state index in [0.717, 1.165) is 11.3 Å². The lowest BCUT2D eigenvalue weighted by atomic mass is 10.2. The van der Waals surface area contributed by atoms with Crippen LogP contribution in [0.4, 0.5) is 0 Å². The number of nitrogens with zero attached hydrogens (tertiary/aromatic N) is 3. The molecule has 0 saturated carbocycles. The maximum Gasteiger partial charge on any atom is 0.332 e. The molecule has 2 rings (SSSR count). The highest BCUT2D eigenvalue weighted by molar-refractivity contribution is 7.80. The summed E-state index contributed by atoms with van der Waals surface area (Å²) in [5, 5.41) is 8.44. The van der Waals surface area contributed by atoms with E-state index in [1.165, 1.54) is 0 Å². The van der Waals surface area contributed by atoms with Crippen molar-refractivity contribution in [3.05, 3.63) is 35.7 Å². The highest BCUT2D eigenvalue weighted by Gasteiger charge is 2.11. The molecule has 23 heavy (non-hydrogen) atoms. The molecule has 0 unspecified atom stereocenters. The van der Waals surface area contributed by atoms with Crippen LogP contribution in [-0.2, 0) is 27.4 Å². The van der Waals surface area contributed by atoms with Crippen LogP contribution < -0.4 is 4.74 Å². The summed E-state index contributed by atoms with van der Waals surface area (Å²) in [6, 6.07) is 7.67. The smallest absolute Gasteiger partial charge is 0.332 e.